The summed E-state index contributed by atoms with van der Waals surface area (Å²) in [5.74, 6) is 0.579. The number of aryl methyl sites for hydroxylation is 1. The molecule has 0 unspecified atom stereocenters. The van der Waals surface area contributed by atoms with Crippen LogP contribution in [-0.4, -0.2) is 16.8 Å². The maximum absolute atomic E-state index is 9.77. The lowest BCUT2D eigenvalue weighted by molar-refractivity contribution is 0.341. The Morgan fingerprint density at radius 2 is 1.95 bits per heavy atom. The fraction of sp³-hybridized carbons (Fsp3) is 0.250. The first-order valence-corrected chi connectivity index (χ1v) is 6.59. The van der Waals surface area contributed by atoms with Crippen LogP contribution in [0.1, 0.15) is 18.1 Å². The molecule has 106 valence electrons. The third kappa shape index (κ3) is 3.15. The molecule has 2 rings (SSSR count). The van der Waals surface area contributed by atoms with Crippen LogP contribution in [0.15, 0.2) is 36.4 Å². The maximum Gasteiger partial charge on any atom is 0.162 e. The Balaban J connectivity index is 2.16. The first-order chi connectivity index (χ1) is 9.61. The van der Waals surface area contributed by atoms with Gasteiger partial charge in [-0.25, -0.2) is 0 Å². The Bertz CT molecular complexity index is 596. The summed E-state index contributed by atoms with van der Waals surface area (Å²) in [5, 5.41) is 22.5. The van der Waals surface area contributed by atoms with Crippen molar-refractivity contribution in [2.45, 2.75) is 20.4 Å². The Kier molecular flexibility index (Phi) is 4.35. The molecule has 0 aliphatic heterocycles. The van der Waals surface area contributed by atoms with Crippen molar-refractivity contribution in [3.05, 3.63) is 47.5 Å². The molecule has 0 aliphatic rings. The van der Waals surface area contributed by atoms with E-state index in [1.807, 2.05) is 32.0 Å². The molecule has 0 spiro atoms. The highest BCUT2D eigenvalue weighted by Crippen LogP contribution is 2.30. The number of phenolic OH excluding ortho intramolecular Hbond substituents is 2. The Morgan fingerprint density at radius 1 is 1.15 bits per heavy atom. The third-order valence-corrected chi connectivity index (χ3v) is 3.00. The second-order valence-electron chi connectivity index (χ2n) is 4.57. The zero-order chi connectivity index (χ0) is 14.5. The van der Waals surface area contributed by atoms with Crippen molar-refractivity contribution < 1.29 is 14.9 Å². The molecule has 0 fully saturated rings. The van der Waals surface area contributed by atoms with Crippen LogP contribution in [0, 0.1) is 6.92 Å². The lowest BCUT2D eigenvalue weighted by Crippen LogP contribution is -2.03. The van der Waals surface area contributed by atoms with Crippen molar-refractivity contribution in [2.24, 2.45) is 0 Å². The van der Waals surface area contributed by atoms with E-state index in [1.165, 1.54) is 6.07 Å². The Hall–Kier alpha value is -2.36. The number of para-hydroxylation sites is 1. The standard InChI is InChI=1S/C16H19NO3/c1-3-20-15-9-11(2)7-8-13(15)17-10-12-5-4-6-14(18)16(12)19/h4-9,17-19H,3,10H2,1-2H3. The molecular formula is C16H19NO3. The molecule has 0 aromatic heterocycles. The van der Waals surface area contributed by atoms with Crippen molar-refractivity contribution >= 4 is 5.69 Å². The highest BCUT2D eigenvalue weighted by molar-refractivity contribution is 5.58. The molecule has 3 N–H and O–H groups in total. The average Bonchev–Trinajstić information content (AvgIpc) is 2.42. The summed E-state index contributed by atoms with van der Waals surface area (Å²) < 4.78 is 5.59. The van der Waals surface area contributed by atoms with Crippen LogP contribution in [0.5, 0.6) is 17.2 Å². The van der Waals surface area contributed by atoms with Crippen LogP contribution in [-0.2, 0) is 6.54 Å². The van der Waals surface area contributed by atoms with E-state index in [1.54, 1.807) is 12.1 Å². The van der Waals surface area contributed by atoms with Crippen molar-refractivity contribution in [2.75, 3.05) is 11.9 Å². The molecule has 0 bridgehead atoms. The maximum atomic E-state index is 9.77. The topological polar surface area (TPSA) is 61.7 Å². The molecule has 0 amide bonds. The Labute approximate surface area is 118 Å². The van der Waals surface area contributed by atoms with E-state index in [2.05, 4.69) is 5.32 Å². The summed E-state index contributed by atoms with van der Waals surface area (Å²) in [6.07, 6.45) is 0. The van der Waals surface area contributed by atoms with Crippen LogP contribution in [0.2, 0.25) is 0 Å². The van der Waals surface area contributed by atoms with Gasteiger partial charge in [-0.15, -0.1) is 0 Å². The van der Waals surface area contributed by atoms with E-state index in [0.717, 1.165) is 17.0 Å². The number of rotatable bonds is 5. The molecule has 0 saturated heterocycles. The van der Waals surface area contributed by atoms with Gasteiger partial charge in [-0.2, -0.15) is 0 Å². The lowest BCUT2D eigenvalue weighted by Gasteiger charge is -2.14. The molecule has 0 radical (unpaired) electrons. The van der Waals surface area contributed by atoms with Gasteiger partial charge in [-0.3, -0.25) is 0 Å². The predicted octanol–water partition coefficient (Wildman–Crippen LogP) is 3.42. The van der Waals surface area contributed by atoms with Gasteiger partial charge in [0.1, 0.15) is 5.75 Å². The second kappa shape index (κ2) is 6.19. The lowest BCUT2D eigenvalue weighted by atomic mass is 10.1. The normalized spacial score (nSPS) is 10.3. The fourth-order valence-corrected chi connectivity index (χ4v) is 1.96. The van der Waals surface area contributed by atoms with E-state index < -0.39 is 0 Å². The molecule has 0 atom stereocenters. The smallest absolute Gasteiger partial charge is 0.162 e. The first kappa shape index (κ1) is 14.1. The molecule has 2 aromatic rings. The fourth-order valence-electron chi connectivity index (χ4n) is 1.96. The monoisotopic (exact) mass is 273 g/mol. The molecule has 0 aliphatic carbocycles. The average molecular weight is 273 g/mol. The van der Waals surface area contributed by atoms with Crippen molar-refractivity contribution in [1.82, 2.24) is 0 Å². The van der Waals surface area contributed by atoms with Gasteiger partial charge in [-0.1, -0.05) is 18.2 Å². The van der Waals surface area contributed by atoms with E-state index in [0.29, 0.717) is 18.7 Å². The van der Waals surface area contributed by atoms with Crippen LogP contribution in [0.4, 0.5) is 5.69 Å². The van der Waals surface area contributed by atoms with Gasteiger partial charge in [0.05, 0.1) is 12.3 Å². The minimum Gasteiger partial charge on any atom is -0.504 e. The largest absolute Gasteiger partial charge is 0.504 e. The molecule has 0 saturated carbocycles. The number of phenols is 2. The zero-order valence-electron chi connectivity index (χ0n) is 11.7. The summed E-state index contributed by atoms with van der Waals surface area (Å²) in [4.78, 5) is 0. The quantitative estimate of drug-likeness (QED) is 0.730. The van der Waals surface area contributed by atoms with Gasteiger partial charge < -0.3 is 20.3 Å². The summed E-state index contributed by atoms with van der Waals surface area (Å²) in [7, 11) is 0. The van der Waals surface area contributed by atoms with E-state index in [9.17, 15) is 10.2 Å². The third-order valence-electron chi connectivity index (χ3n) is 3.00. The van der Waals surface area contributed by atoms with Crippen LogP contribution >= 0.6 is 0 Å². The van der Waals surface area contributed by atoms with Crippen LogP contribution in [0.25, 0.3) is 0 Å². The first-order valence-electron chi connectivity index (χ1n) is 6.59. The number of aromatic hydroxyl groups is 2. The van der Waals surface area contributed by atoms with Crippen molar-refractivity contribution in [3.63, 3.8) is 0 Å². The number of anilines is 1. The van der Waals surface area contributed by atoms with Gasteiger partial charge in [0.25, 0.3) is 0 Å². The highest BCUT2D eigenvalue weighted by atomic mass is 16.5. The molecule has 4 nitrogen and oxygen atoms in total. The molecule has 2 aromatic carbocycles. The van der Waals surface area contributed by atoms with Crippen molar-refractivity contribution in [3.8, 4) is 17.2 Å². The van der Waals surface area contributed by atoms with Crippen LogP contribution in [0.3, 0.4) is 0 Å². The van der Waals surface area contributed by atoms with Gasteiger partial charge in [0.2, 0.25) is 0 Å². The molecular weight excluding hydrogens is 254 g/mol. The summed E-state index contributed by atoms with van der Waals surface area (Å²) in [6, 6.07) is 10.8. The number of nitrogens with one attached hydrogen (secondary N) is 1. The molecule has 20 heavy (non-hydrogen) atoms. The van der Waals surface area contributed by atoms with Crippen molar-refractivity contribution in [1.29, 1.82) is 0 Å². The van der Waals surface area contributed by atoms with E-state index in [4.69, 9.17) is 4.74 Å². The van der Waals surface area contributed by atoms with E-state index >= 15 is 0 Å². The summed E-state index contributed by atoms with van der Waals surface area (Å²) in [6.45, 7) is 4.94. The van der Waals surface area contributed by atoms with Gasteiger partial charge >= 0.3 is 0 Å². The minimum atomic E-state index is -0.113. The van der Waals surface area contributed by atoms with Crippen LogP contribution < -0.4 is 10.1 Å². The summed E-state index contributed by atoms with van der Waals surface area (Å²) >= 11 is 0. The second-order valence-corrected chi connectivity index (χ2v) is 4.57. The zero-order valence-corrected chi connectivity index (χ0v) is 11.7. The van der Waals surface area contributed by atoms with Gasteiger partial charge in [0, 0.05) is 12.1 Å². The van der Waals surface area contributed by atoms with Gasteiger partial charge in [0.15, 0.2) is 11.5 Å². The van der Waals surface area contributed by atoms with E-state index in [-0.39, 0.29) is 11.5 Å². The summed E-state index contributed by atoms with van der Waals surface area (Å²) in [5.41, 5.74) is 2.62. The highest BCUT2D eigenvalue weighted by Gasteiger charge is 2.08. The number of benzene rings is 2. The minimum absolute atomic E-state index is 0.0925. The Morgan fingerprint density at radius 3 is 2.70 bits per heavy atom. The molecule has 0 heterocycles. The predicted molar refractivity (Wildman–Crippen MR) is 79.4 cm³/mol. The molecule has 4 heteroatoms. The number of hydrogen-bond donors (Lipinski definition) is 3. The SMILES string of the molecule is CCOc1cc(C)ccc1NCc1cccc(O)c1O. The number of ether oxygens (including phenoxy) is 1. The van der Waals surface area contributed by atoms with Gasteiger partial charge in [-0.05, 0) is 37.6 Å². The number of hydrogen-bond acceptors (Lipinski definition) is 4.